The molecule has 0 saturated heterocycles. The molecule has 1 unspecified atom stereocenters. The smallest absolute Gasteiger partial charge is 0.246 e. The summed E-state index contributed by atoms with van der Waals surface area (Å²) in [5.41, 5.74) is 1.29. The topological polar surface area (TPSA) is 41.1 Å². The van der Waals surface area contributed by atoms with Crippen LogP contribution in [0.4, 0.5) is 15.8 Å². The molecule has 0 fully saturated rings. The third-order valence-corrected chi connectivity index (χ3v) is 2.29. The van der Waals surface area contributed by atoms with Gasteiger partial charge in [0.05, 0.1) is 11.4 Å². The summed E-state index contributed by atoms with van der Waals surface area (Å²) >= 11 is 0. The molecule has 0 bridgehead atoms. The average Bonchev–Trinajstić information content (AvgIpc) is 2.16. The summed E-state index contributed by atoms with van der Waals surface area (Å²) in [4.78, 5) is 11.4. The van der Waals surface area contributed by atoms with Gasteiger partial charge in [-0.05, 0) is 24.6 Å². The van der Waals surface area contributed by atoms with Crippen LogP contribution in [-0.4, -0.2) is 11.9 Å². The van der Waals surface area contributed by atoms with Crippen molar-refractivity contribution in [2.24, 2.45) is 0 Å². The predicted octanol–water partition coefficient (Wildman–Crippen LogP) is 1.97. The van der Waals surface area contributed by atoms with Crippen LogP contribution >= 0.6 is 0 Å². The molecule has 0 spiro atoms. The van der Waals surface area contributed by atoms with Crippen molar-refractivity contribution >= 4 is 17.3 Å². The SMILES string of the molecule is CCC1Nc2ccc(F)cc2NC1=O. The highest BCUT2D eigenvalue weighted by atomic mass is 19.1. The number of hydrogen-bond acceptors (Lipinski definition) is 2. The van der Waals surface area contributed by atoms with Gasteiger partial charge in [-0.3, -0.25) is 4.79 Å². The first-order valence-electron chi connectivity index (χ1n) is 4.57. The molecule has 3 nitrogen and oxygen atoms in total. The number of anilines is 2. The normalized spacial score (nSPS) is 19.6. The number of amides is 1. The number of nitrogens with one attached hydrogen (secondary N) is 2. The monoisotopic (exact) mass is 194 g/mol. The van der Waals surface area contributed by atoms with Crippen molar-refractivity contribution in [3.8, 4) is 0 Å². The van der Waals surface area contributed by atoms with Crippen LogP contribution < -0.4 is 10.6 Å². The maximum Gasteiger partial charge on any atom is 0.246 e. The van der Waals surface area contributed by atoms with Gasteiger partial charge in [0.25, 0.3) is 0 Å². The molecule has 14 heavy (non-hydrogen) atoms. The minimum Gasteiger partial charge on any atom is -0.372 e. The number of rotatable bonds is 1. The van der Waals surface area contributed by atoms with E-state index >= 15 is 0 Å². The molecule has 0 radical (unpaired) electrons. The molecule has 2 rings (SSSR count). The molecular formula is C10H11FN2O. The summed E-state index contributed by atoms with van der Waals surface area (Å²) in [6.45, 7) is 1.92. The van der Waals surface area contributed by atoms with Gasteiger partial charge in [0, 0.05) is 0 Å². The van der Waals surface area contributed by atoms with Gasteiger partial charge in [-0.15, -0.1) is 0 Å². The molecule has 1 aromatic rings. The zero-order valence-electron chi connectivity index (χ0n) is 7.80. The van der Waals surface area contributed by atoms with Crippen LogP contribution in [0, 0.1) is 5.82 Å². The van der Waals surface area contributed by atoms with E-state index in [1.165, 1.54) is 12.1 Å². The molecule has 74 valence electrons. The van der Waals surface area contributed by atoms with Crippen molar-refractivity contribution in [1.82, 2.24) is 0 Å². The van der Waals surface area contributed by atoms with E-state index in [1.54, 1.807) is 6.07 Å². The van der Waals surface area contributed by atoms with Crippen LogP contribution in [0.15, 0.2) is 18.2 Å². The molecule has 0 aliphatic carbocycles. The third kappa shape index (κ3) is 1.43. The fraction of sp³-hybridized carbons (Fsp3) is 0.300. The van der Waals surface area contributed by atoms with Gasteiger partial charge < -0.3 is 10.6 Å². The van der Waals surface area contributed by atoms with E-state index < -0.39 is 0 Å². The predicted molar refractivity (Wildman–Crippen MR) is 52.7 cm³/mol. The Hall–Kier alpha value is -1.58. The van der Waals surface area contributed by atoms with Gasteiger partial charge in [0.1, 0.15) is 11.9 Å². The Kier molecular flexibility index (Phi) is 2.11. The number of hydrogen-bond donors (Lipinski definition) is 2. The standard InChI is InChI=1S/C10H11FN2O/c1-2-7-10(14)13-9-5-6(11)3-4-8(9)12-7/h3-5,7,12H,2H2,1H3,(H,13,14). The zero-order valence-corrected chi connectivity index (χ0v) is 7.80. The lowest BCUT2D eigenvalue weighted by atomic mass is 10.1. The summed E-state index contributed by atoms with van der Waals surface area (Å²) in [6.07, 6.45) is 0.711. The van der Waals surface area contributed by atoms with Gasteiger partial charge in [0.2, 0.25) is 5.91 Å². The second kappa shape index (κ2) is 3.29. The van der Waals surface area contributed by atoms with Crippen molar-refractivity contribution in [3.63, 3.8) is 0 Å². The van der Waals surface area contributed by atoms with Crippen LogP contribution in [0.2, 0.25) is 0 Å². The highest BCUT2D eigenvalue weighted by Gasteiger charge is 2.23. The lowest BCUT2D eigenvalue weighted by molar-refractivity contribution is -0.117. The van der Waals surface area contributed by atoms with Crippen LogP contribution in [0.1, 0.15) is 13.3 Å². The van der Waals surface area contributed by atoms with Crippen molar-refractivity contribution in [2.75, 3.05) is 10.6 Å². The Labute approximate surface area is 81.3 Å². The first kappa shape index (κ1) is 8.99. The summed E-state index contributed by atoms with van der Waals surface area (Å²) in [5, 5.41) is 5.71. The number of benzene rings is 1. The Morgan fingerprint density at radius 1 is 1.43 bits per heavy atom. The van der Waals surface area contributed by atoms with E-state index in [9.17, 15) is 9.18 Å². The van der Waals surface area contributed by atoms with Crippen molar-refractivity contribution in [3.05, 3.63) is 24.0 Å². The van der Waals surface area contributed by atoms with E-state index in [-0.39, 0.29) is 17.8 Å². The van der Waals surface area contributed by atoms with Crippen molar-refractivity contribution in [1.29, 1.82) is 0 Å². The van der Waals surface area contributed by atoms with Gasteiger partial charge in [-0.25, -0.2) is 4.39 Å². The highest BCUT2D eigenvalue weighted by Crippen LogP contribution is 2.27. The maximum absolute atomic E-state index is 12.8. The second-order valence-electron chi connectivity index (χ2n) is 3.28. The number of carbonyl (C=O) groups excluding carboxylic acids is 1. The van der Waals surface area contributed by atoms with Gasteiger partial charge in [-0.2, -0.15) is 0 Å². The Balaban J connectivity index is 2.35. The minimum atomic E-state index is -0.346. The van der Waals surface area contributed by atoms with Crippen LogP contribution in [0.25, 0.3) is 0 Å². The summed E-state index contributed by atoms with van der Waals surface area (Å²) < 4.78 is 12.8. The average molecular weight is 194 g/mol. The Bertz CT molecular complexity index is 378. The first-order valence-corrected chi connectivity index (χ1v) is 4.57. The molecule has 1 aromatic carbocycles. The fourth-order valence-electron chi connectivity index (χ4n) is 1.51. The molecular weight excluding hydrogens is 183 g/mol. The zero-order chi connectivity index (χ0) is 10.1. The second-order valence-corrected chi connectivity index (χ2v) is 3.28. The molecule has 1 amide bonds. The van der Waals surface area contributed by atoms with E-state index in [0.717, 1.165) is 5.69 Å². The van der Waals surface area contributed by atoms with Gasteiger partial charge in [-0.1, -0.05) is 6.92 Å². The van der Waals surface area contributed by atoms with E-state index in [2.05, 4.69) is 10.6 Å². The van der Waals surface area contributed by atoms with E-state index in [4.69, 9.17) is 0 Å². The van der Waals surface area contributed by atoms with Gasteiger partial charge in [0.15, 0.2) is 0 Å². The number of halogens is 1. The maximum atomic E-state index is 12.8. The lowest BCUT2D eigenvalue weighted by Gasteiger charge is -2.25. The molecule has 1 atom stereocenters. The minimum absolute atomic E-state index is 0.106. The van der Waals surface area contributed by atoms with Crippen LogP contribution in [0.3, 0.4) is 0 Å². The quantitative estimate of drug-likeness (QED) is 0.717. The molecule has 4 heteroatoms. The molecule has 1 heterocycles. The molecule has 1 aliphatic heterocycles. The number of fused-ring (bicyclic) bond motifs is 1. The lowest BCUT2D eigenvalue weighted by Crippen LogP contribution is -2.38. The molecule has 0 aromatic heterocycles. The largest absolute Gasteiger partial charge is 0.372 e. The first-order chi connectivity index (χ1) is 6.70. The van der Waals surface area contributed by atoms with Gasteiger partial charge >= 0.3 is 0 Å². The fourth-order valence-corrected chi connectivity index (χ4v) is 1.51. The Morgan fingerprint density at radius 2 is 2.21 bits per heavy atom. The summed E-state index contributed by atoms with van der Waals surface area (Å²) in [5.74, 6) is -0.452. The summed E-state index contributed by atoms with van der Waals surface area (Å²) in [6, 6.07) is 4.10. The third-order valence-electron chi connectivity index (χ3n) is 2.29. The van der Waals surface area contributed by atoms with Crippen LogP contribution in [-0.2, 0) is 4.79 Å². The molecule has 1 aliphatic rings. The van der Waals surface area contributed by atoms with Crippen molar-refractivity contribution in [2.45, 2.75) is 19.4 Å². The molecule has 0 saturated carbocycles. The number of carbonyl (C=O) groups is 1. The molecule has 2 N–H and O–H groups in total. The van der Waals surface area contributed by atoms with E-state index in [1.807, 2.05) is 6.92 Å². The van der Waals surface area contributed by atoms with Crippen LogP contribution in [0.5, 0.6) is 0 Å². The summed E-state index contributed by atoms with van der Waals surface area (Å²) in [7, 11) is 0. The Morgan fingerprint density at radius 3 is 2.93 bits per heavy atom. The highest BCUT2D eigenvalue weighted by molar-refractivity contribution is 6.02. The van der Waals surface area contributed by atoms with Crippen molar-refractivity contribution < 1.29 is 9.18 Å². The van der Waals surface area contributed by atoms with E-state index in [0.29, 0.717) is 12.1 Å².